The first-order valence-corrected chi connectivity index (χ1v) is 12.3. The SMILES string of the molecule is COC(=O)[C@H]1C(=O)NC(SCC(=O)Nc2cc(C)cc(C)c2)=C(C#N)[C@@H]1c1ccc(OC)c(Br)c1. The molecule has 0 fully saturated rings. The van der Waals surface area contributed by atoms with Crippen molar-refractivity contribution in [3.63, 3.8) is 0 Å². The highest BCUT2D eigenvalue weighted by Gasteiger charge is 2.44. The molecule has 0 bridgehead atoms. The molecule has 0 radical (unpaired) electrons. The van der Waals surface area contributed by atoms with Gasteiger partial charge >= 0.3 is 5.97 Å². The lowest BCUT2D eigenvalue weighted by Crippen LogP contribution is -2.44. The normalized spacial score (nSPS) is 17.3. The molecular formula is C25H24BrN3O5S. The third kappa shape index (κ3) is 6.05. The second kappa shape index (κ2) is 11.4. The van der Waals surface area contributed by atoms with E-state index in [0.29, 0.717) is 21.5 Å². The van der Waals surface area contributed by atoms with Crippen molar-refractivity contribution in [2.24, 2.45) is 5.92 Å². The third-order valence-electron chi connectivity index (χ3n) is 5.37. The first-order valence-electron chi connectivity index (χ1n) is 10.6. The maximum absolute atomic E-state index is 13.0. The van der Waals surface area contributed by atoms with Gasteiger partial charge in [0.25, 0.3) is 0 Å². The highest BCUT2D eigenvalue weighted by Crippen LogP contribution is 2.42. The van der Waals surface area contributed by atoms with E-state index in [-0.39, 0.29) is 22.3 Å². The number of allylic oxidation sites excluding steroid dienone is 1. The summed E-state index contributed by atoms with van der Waals surface area (Å²) in [7, 11) is 2.71. The topological polar surface area (TPSA) is 118 Å². The molecule has 0 aliphatic carbocycles. The van der Waals surface area contributed by atoms with Crippen molar-refractivity contribution < 1.29 is 23.9 Å². The monoisotopic (exact) mass is 557 g/mol. The molecule has 2 aromatic rings. The summed E-state index contributed by atoms with van der Waals surface area (Å²) < 4.78 is 10.7. The molecular weight excluding hydrogens is 534 g/mol. The Bertz CT molecular complexity index is 1230. The van der Waals surface area contributed by atoms with Gasteiger partial charge in [0.1, 0.15) is 11.7 Å². The molecule has 35 heavy (non-hydrogen) atoms. The summed E-state index contributed by atoms with van der Waals surface area (Å²) in [4.78, 5) is 38.1. The standard InChI is InChI=1S/C25H24BrN3O5S/c1-13-7-14(2)9-16(8-13)28-20(30)12-35-24-17(11-27)21(22(23(31)29-24)25(32)34-4)15-5-6-19(33-3)18(26)10-15/h5-10,21-22H,12H2,1-4H3,(H,28,30)(H,29,31)/t21-,22+/m0/s1. The van der Waals surface area contributed by atoms with E-state index in [1.165, 1.54) is 14.2 Å². The van der Waals surface area contributed by atoms with Gasteiger partial charge in [-0.15, -0.1) is 0 Å². The molecule has 10 heteroatoms. The van der Waals surface area contributed by atoms with Crippen LogP contribution in [0.5, 0.6) is 5.75 Å². The Morgan fingerprint density at radius 3 is 2.43 bits per heavy atom. The van der Waals surface area contributed by atoms with Crippen LogP contribution in [0.1, 0.15) is 22.6 Å². The van der Waals surface area contributed by atoms with Crippen LogP contribution in [0.25, 0.3) is 0 Å². The molecule has 1 aliphatic heterocycles. The Morgan fingerprint density at radius 2 is 1.86 bits per heavy atom. The zero-order chi connectivity index (χ0) is 25.7. The lowest BCUT2D eigenvalue weighted by Gasteiger charge is -2.31. The largest absolute Gasteiger partial charge is 0.496 e. The quantitative estimate of drug-likeness (QED) is 0.387. The molecule has 0 saturated carbocycles. The number of carbonyl (C=O) groups excluding carboxylic acids is 3. The number of aryl methyl sites for hydroxylation is 2. The summed E-state index contributed by atoms with van der Waals surface area (Å²) in [6.45, 7) is 3.88. The van der Waals surface area contributed by atoms with E-state index in [0.717, 1.165) is 22.9 Å². The third-order valence-corrected chi connectivity index (χ3v) is 7.01. The summed E-state index contributed by atoms with van der Waals surface area (Å²) in [5, 5.41) is 15.7. The van der Waals surface area contributed by atoms with Gasteiger partial charge in [0.05, 0.1) is 41.1 Å². The molecule has 182 valence electrons. The van der Waals surface area contributed by atoms with Crippen LogP contribution in [0.4, 0.5) is 5.69 Å². The van der Waals surface area contributed by atoms with Crippen LogP contribution < -0.4 is 15.4 Å². The minimum absolute atomic E-state index is 0.0459. The zero-order valence-electron chi connectivity index (χ0n) is 19.6. The minimum atomic E-state index is -1.26. The van der Waals surface area contributed by atoms with Crippen LogP contribution in [-0.4, -0.2) is 37.8 Å². The first kappa shape index (κ1) is 26.3. The lowest BCUT2D eigenvalue weighted by atomic mass is 9.78. The molecule has 1 heterocycles. The van der Waals surface area contributed by atoms with Crippen LogP contribution in [0.15, 0.2) is 51.5 Å². The van der Waals surface area contributed by atoms with E-state index in [4.69, 9.17) is 9.47 Å². The molecule has 0 aromatic heterocycles. The number of halogens is 1. The van der Waals surface area contributed by atoms with E-state index in [1.54, 1.807) is 18.2 Å². The van der Waals surface area contributed by atoms with Gasteiger partial charge in [0, 0.05) is 11.6 Å². The Hall–Kier alpha value is -3.29. The fourth-order valence-corrected chi connectivity index (χ4v) is 5.34. The second-order valence-electron chi connectivity index (χ2n) is 7.93. The molecule has 8 nitrogen and oxygen atoms in total. The smallest absolute Gasteiger partial charge is 0.319 e. The maximum atomic E-state index is 13.0. The number of carbonyl (C=O) groups is 3. The summed E-state index contributed by atoms with van der Waals surface area (Å²) in [6.07, 6.45) is 0. The Balaban J connectivity index is 1.92. The molecule has 2 N–H and O–H groups in total. The summed E-state index contributed by atoms with van der Waals surface area (Å²) >= 11 is 4.44. The highest BCUT2D eigenvalue weighted by molar-refractivity contribution is 9.10. The van der Waals surface area contributed by atoms with Crippen LogP contribution in [-0.2, 0) is 19.1 Å². The van der Waals surface area contributed by atoms with Crippen molar-refractivity contribution in [1.29, 1.82) is 5.26 Å². The average Bonchev–Trinajstić information content (AvgIpc) is 2.81. The van der Waals surface area contributed by atoms with Crippen molar-refractivity contribution in [3.05, 3.63) is 68.2 Å². The number of nitriles is 1. The number of nitrogens with one attached hydrogen (secondary N) is 2. The number of hydrogen-bond acceptors (Lipinski definition) is 7. The minimum Gasteiger partial charge on any atom is -0.496 e. The Morgan fingerprint density at radius 1 is 1.17 bits per heavy atom. The number of rotatable bonds is 7. The predicted octanol–water partition coefficient (Wildman–Crippen LogP) is 4.18. The van der Waals surface area contributed by atoms with Crippen molar-refractivity contribution in [3.8, 4) is 11.8 Å². The molecule has 3 rings (SSSR count). The van der Waals surface area contributed by atoms with Gasteiger partial charge in [0.2, 0.25) is 11.8 Å². The molecule has 2 atom stereocenters. The predicted molar refractivity (Wildman–Crippen MR) is 137 cm³/mol. The summed E-state index contributed by atoms with van der Waals surface area (Å²) in [6, 6.07) is 12.9. The molecule has 1 aliphatic rings. The molecule has 0 unspecified atom stereocenters. The Kier molecular flexibility index (Phi) is 8.59. The van der Waals surface area contributed by atoms with Crippen molar-refractivity contribution >= 4 is 51.2 Å². The van der Waals surface area contributed by atoms with Gasteiger partial charge in [-0.3, -0.25) is 14.4 Å². The van der Waals surface area contributed by atoms with Crippen molar-refractivity contribution in [2.45, 2.75) is 19.8 Å². The highest BCUT2D eigenvalue weighted by atomic mass is 79.9. The first-order chi connectivity index (χ1) is 16.7. The van der Waals surface area contributed by atoms with Crippen LogP contribution in [0, 0.1) is 31.1 Å². The van der Waals surface area contributed by atoms with Crippen molar-refractivity contribution in [2.75, 3.05) is 25.3 Å². The number of benzene rings is 2. The van der Waals surface area contributed by atoms with Gasteiger partial charge < -0.3 is 20.1 Å². The van der Waals surface area contributed by atoms with Crippen LogP contribution in [0.3, 0.4) is 0 Å². The van der Waals surface area contributed by atoms with Gasteiger partial charge in [-0.05, 0) is 70.7 Å². The summed E-state index contributed by atoms with van der Waals surface area (Å²) in [5.41, 5.74) is 3.43. The number of esters is 1. The zero-order valence-corrected chi connectivity index (χ0v) is 22.0. The molecule has 2 aromatic carbocycles. The van der Waals surface area contributed by atoms with Crippen LogP contribution in [0.2, 0.25) is 0 Å². The number of anilines is 1. The fourth-order valence-electron chi connectivity index (χ4n) is 3.94. The van der Waals surface area contributed by atoms with E-state index < -0.39 is 23.7 Å². The number of amides is 2. The second-order valence-corrected chi connectivity index (χ2v) is 9.77. The Labute approximate surface area is 216 Å². The van der Waals surface area contributed by atoms with Crippen molar-refractivity contribution in [1.82, 2.24) is 5.32 Å². The fraction of sp³-hybridized carbons (Fsp3) is 0.280. The van der Waals surface area contributed by atoms with E-state index in [9.17, 15) is 19.6 Å². The van der Waals surface area contributed by atoms with Gasteiger partial charge in [-0.1, -0.05) is 23.9 Å². The molecule has 2 amide bonds. The van der Waals surface area contributed by atoms with E-state index in [1.807, 2.05) is 32.0 Å². The summed E-state index contributed by atoms with van der Waals surface area (Å²) in [5.74, 6) is -3.30. The number of hydrogen-bond donors (Lipinski definition) is 2. The number of thioether (sulfide) groups is 1. The van der Waals surface area contributed by atoms with Crippen LogP contribution >= 0.6 is 27.7 Å². The molecule has 0 spiro atoms. The maximum Gasteiger partial charge on any atom is 0.319 e. The van der Waals surface area contributed by atoms with E-state index >= 15 is 0 Å². The van der Waals surface area contributed by atoms with Gasteiger partial charge in [0.15, 0.2) is 0 Å². The average molecular weight is 558 g/mol. The molecule has 0 saturated heterocycles. The number of ether oxygens (including phenoxy) is 2. The number of nitrogens with zero attached hydrogens (tertiary/aromatic N) is 1. The number of methoxy groups -OCH3 is 2. The lowest BCUT2D eigenvalue weighted by molar-refractivity contribution is -0.150. The van der Waals surface area contributed by atoms with E-state index in [2.05, 4.69) is 32.6 Å². The van der Waals surface area contributed by atoms with Gasteiger partial charge in [-0.2, -0.15) is 5.26 Å². The van der Waals surface area contributed by atoms with Gasteiger partial charge in [-0.25, -0.2) is 0 Å².